The number of aliphatic hydroxyl groups is 2. The Balaban J connectivity index is 2.33. The second-order valence-electron chi connectivity index (χ2n) is 4.07. The van der Waals surface area contributed by atoms with Crippen LogP contribution in [-0.4, -0.2) is 23.9 Å². The number of hydrogen-bond acceptors (Lipinski definition) is 3. The molecule has 1 aliphatic rings. The van der Waals surface area contributed by atoms with Crippen LogP contribution < -0.4 is 4.74 Å². The van der Waals surface area contributed by atoms with Gasteiger partial charge in [0, 0.05) is 6.61 Å². The zero-order valence-corrected chi connectivity index (χ0v) is 8.81. The fourth-order valence-corrected chi connectivity index (χ4v) is 2.19. The van der Waals surface area contributed by atoms with Gasteiger partial charge >= 0.3 is 0 Å². The van der Waals surface area contributed by atoms with E-state index in [0.717, 1.165) is 23.3 Å². The van der Waals surface area contributed by atoms with Gasteiger partial charge in [-0.2, -0.15) is 0 Å². The highest BCUT2D eigenvalue weighted by Gasteiger charge is 2.25. The SMILES string of the molecule is COc1ccc2c(c1)CC(CO)CC2O. The lowest BCUT2D eigenvalue weighted by molar-refractivity contribution is 0.104. The summed E-state index contributed by atoms with van der Waals surface area (Å²) in [5, 5.41) is 19.0. The smallest absolute Gasteiger partial charge is 0.119 e. The van der Waals surface area contributed by atoms with Crippen molar-refractivity contribution in [2.24, 2.45) is 5.92 Å². The third-order valence-corrected chi connectivity index (χ3v) is 3.03. The topological polar surface area (TPSA) is 49.7 Å². The molecule has 3 heteroatoms. The Labute approximate surface area is 89.3 Å². The van der Waals surface area contributed by atoms with Gasteiger partial charge in [-0.1, -0.05) is 6.07 Å². The van der Waals surface area contributed by atoms with Gasteiger partial charge in [-0.25, -0.2) is 0 Å². The Kier molecular flexibility index (Phi) is 2.93. The predicted molar refractivity (Wildman–Crippen MR) is 56.9 cm³/mol. The Morgan fingerprint density at radius 2 is 2.27 bits per heavy atom. The van der Waals surface area contributed by atoms with Crippen molar-refractivity contribution in [1.82, 2.24) is 0 Å². The number of aliphatic hydroxyl groups excluding tert-OH is 2. The van der Waals surface area contributed by atoms with Gasteiger partial charge in [-0.15, -0.1) is 0 Å². The van der Waals surface area contributed by atoms with Gasteiger partial charge in [0.25, 0.3) is 0 Å². The van der Waals surface area contributed by atoms with E-state index in [1.807, 2.05) is 18.2 Å². The van der Waals surface area contributed by atoms with Crippen LogP contribution in [0.3, 0.4) is 0 Å². The average Bonchev–Trinajstić information content (AvgIpc) is 2.28. The number of rotatable bonds is 2. The predicted octanol–water partition coefficient (Wildman–Crippen LogP) is 1.28. The average molecular weight is 208 g/mol. The molecular weight excluding hydrogens is 192 g/mol. The second kappa shape index (κ2) is 4.21. The number of benzene rings is 1. The first kappa shape index (κ1) is 10.5. The molecule has 0 saturated heterocycles. The first-order chi connectivity index (χ1) is 7.24. The van der Waals surface area contributed by atoms with E-state index in [9.17, 15) is 5.11 Å². The molecule has 0 radical (unpaired) electrons. The second-order valence-corrected chi connectivity index (χ2v) is 4.07. The van der Waals surface area contributed by atoms with Crippen LogP contribution in [0.5, 0.6) is 5.75 Å². The molecule has 82 valence electrons. The summed E-state index contributed by atoms with van der Waals surface area (Å²) in [7, 11) is 1.63. The number of fused-ring (bicyclic) bond motifs is 1. The summed E-state index contributed by atoms with van der Waals surface area (Å²) in [5.74, 6) is 0.971. The fraction of sp³-hybridized carbons (Fsp3) is 0.500. The standard InChI is InChI=1S/C12H16O3/c1-15-10-2-3-11-9(6-10)4-8(7-13)5-12(11)14/h2-3,6,8,12-14H,4-5,7H2,1H3. The number of ether oxygens (including phenoxy) is 1. The van der Waals surface area contributed by atoms with Crippen molar-refractivity contribution in [2.75, 3.05) is 13.7 Å². The molecule has 2 N–H and O–H groups in total. The van der Waals surface area contributed by atoms with Crippen molar-refractivity contribution < 1.29 is 14.9 Å². The summed E-state index contributed by atoms with van der Waals surface area (Å²) in [6, 6.07) is 5.72. The van der Waals surface area contributed by atoms with E-state index in [4.69, 9.17) is 9.84 Å². The van der Waals surface area contributed by atoms with Crippen LogP contribution in [0.4, 0.5) is 0 Å². The van der Waals surface area contributed by atoms with Gasteiger partial charge in [-0.05, 0) is 42.0 Å². The van der Waals surface area contributed by atoms with Crippen molar-refractivity contribution in [3.63, 3.8) is 0 Å². The highest BCUT2D eigenvalue weighted by molar-refractivity contribution is 5.38. The quantitative estimate of drug-likeness (QED) is 0.769. The third-order valence-electron chi connectivity index (χ3n) is 3.03. The van der Waals surface area contributed by atoms with Crippen LogP contribution in [0.15, 0.2) is 18.2 Å². The van der Waals surface area contributed by atoms with Gasteiger partial charge in [0.2, 0.25) is 0 Å². The molecule has 0 fully saturated rings. The Morgan fingerprint density at radius 1 is 1.47 bits per heavy atom. The van der Waals surface area contributed by atoms with E-state index in [-0.39, 0.29) is 12.5 Å². The van der Waals surface area contributed by atoms with E-state index in [2.05, 4.69) is 0 Å². The van der Waals surface area contributed by atoms with Crippen LogP contribution in [-0.2, 0) is 6.42 Å². The Hall–Kier alpha value is -1.06. The summed E-state index contributed by atoms with van der Waals surface area (Å²) in [5.41, 5.74) is 2.06. The lowest BCUT2D eigenvalue weighted by Gasteiger charge is -2.27. The molecule has 1 aromatic carbocycles. The van der Waals surface area contributed by atoms with Gasteiger partial charge in [0.05, 0.1) is 13.2 Å². The van der Waals surface area contributed by atoms with Gasteiger partial charge < -0.3 is 14.9 Å². The maximum absolute atomic E-state index is 9.87. The minimum Gasteiger partial charge on any atom is -0.497 e. The van der Waals surface area contributed by atoms with Crippen LogP contribution in [0.1, 0.15) is 23.7 Å². The normalized spacial score (nSPS) is 24.7. The van der Waals surface area contributed by atoms with Crippen LogP contribution in [0.2, 0.25) is 0 Å². The minimum atomic E-state index is -0.447. The van der Waals surface area contributed by atoms with Gasteiger partial charge in [0.1, 0.15) is 5.75 Å². The minimum absolute atomic E-state index is 0.133. The summed E-state index contributed by atoms with van der Waals surface area (Å²) in [6.45, 7) is 0.133. The fourth-order valence-electron chi connectivity index (χ4n) is 2.19. The molecule has 2 rings (SSSR count). The Bertz CT molecular complexity index is 349. The Morgan fingerprint density at radius 3 is 2.93 bits per heavy atom. The van der Waals surface area contributed by atoms with E-state index in [0.29, 0.717) is 6.42 Å². The zero-order valence-electron chi connectivity index (χ0n) is 8.81. The molecule has 2 unspecified atom stereocenters. The molecule has 0 spiro atoms. The maximum atomic E-state index is 9.87. The molecule has 0 amide bonds. The molecule has 3 nitrogen and oxygen atoms in total. The molecule has 1 aliphatic carbocycles. The van der Waals surface area contributed by atoms with Crippen molar-refractivity contribution in [3.8, 4) is 5.75 Å². The molecule has 0 saturated carbocycles. The van der Waals surface area contributed by atoms with E-state index in [1.54, 1.807) is 7.11 Å². The van der Waals surface area contributed by atoms with Crippen molar-refractivity contribution >= 4 is 0 Å². The number of hydrogen-bond donors (Lipinski definition) is 2. The molecular formula is C12H16O3. The summed E-state index contributed by atoms with van der Waals surface area (Å²) in [6.07, 6.45) is 1.02. The van der Waals surface area contributed by atoms with Gasteiger partial charge in [-0.3, -0.25) is 0 Å². The van der Waals surface area contributed by atoms with E-state index in [1.165, 1.54) is 0 Å². The van der Waals surface area contributed by atoms with Crippen LogP contribution in [0.25, 0.3) is 0 Å². The van der Waals surface area contributed by atoms with Gasteiger partial charge in [0.15, 0.2) is 0 Å². The molecule has 15 heavy (non-hydrogen) atoms. The highest BCUT2D eigenvalue weighted by Crippen LogP contribution is 2.34. The summed E-state index contributed by atoms with van der Waals surface area (Å²) < 4.78 is 5.14. The molecule has 1 aromatic rings. The van der Waals surface area contributed by atoms with Crippen molar-refractivity contribution in [1.29, 1.82) is 0 Å². The lowest BCUT2D eigenvalue weighted by atomic mass is 9.82. The summed E-state index contributed by atoms with van der Waals surface area (Å²) in [4.78, 5) is 0. The highest BCUT2D eigenvalue weighted by atomic mass is 16.5. The molecule has 0 aromatic heterocycles. The van der Waals surface area contributed by atoms with Crippen molar-refractivity contribution in [3.05, 3.63) is 29.3 Å². The third kappa shape index (κ3) is 1.98. The molecule has 0 heterocycles. The largest absolute Gasteiger partial charge is 0.497 e. The first-order valence-corrected chi connectivity index (χ1v) is 5.20. The van der Waals surface area contributed by atoms with E-state index < -0.39 is 6.10 Å². The number of methoxy groups -OCH3 is 1. The zero-order chi connectivity index (χ0) is 10.8. The lowest BCUT2D eigenvalue weighted by Crippen LogP contribution is -2.21. The molecule has 0 bridgehead atoms. The molecule has 2 atom stereocenters. The van der Waals surface area contributed by atoms with Crippen LogP contribution in [0, 0.1) is 5.92 Å². The monoisotopic (exact) mass is 208 g/mol. The first-order valence-electron chi connectivity index (χ1n) is 5.20. The maximum Gasteiger partial charge on any atom is 0.119 e. The van der Waals surface area contributed by atoms with E-state index >= 15 is 0 Å². The molecule has 0 aliphatic heterocycles. The summed E-state index contributed by atoms with van der Waals surface area (Å²) >= 11 is 0. The van der Waals surface area contributed by atoms with Crippen LogP contribution >= 0.6 is 0 Å². The van der Waals surface area contributed by atoms with Crippen molar-refractivity contribution in [2.45, 2.75) is 18.9 Å².